The van der Waals surface area contributed by atoms with Gasteiger partial charge >= 0.3 is 0 Å². The summed E-state index contributed by atoms with van der Waals surface area (Å²) < 4.78 is 5.99. The fourth-order valence-electron chi connectivity index (χ4n) is 3.78. The number of carbonyl (C=O) groups is 1. The van der Waals surface area contributed by atoms with Gasteiger partial charge in [-0.25, -0.2) is 4.98 Å². The summed E-state index contributed by atoms with van der Waals surface area (Å²) in [5, 5.41) is 15.4. The number of pyridine rings is 1. The Bertz CT molecular complexity index is 969. The molecular formula is C23H28N6O2. The maximum Gasteiger partial charge on any atom is 0.225 e. The van der Waals surface area contributed by atoms with E-state index in [0.29, 0.717) is 49.3 Å². The number of benzene rings is 1. The van der Waals surface area contributed by atoms with Gasteiger partial charge in [0.25, 0.3) is 0 Å². The number of tetrazole rings is 1. The first kappa shape index (κ1) is 21.0. The van der Waals surface area contributed by atoms with Gasteiger partial charge in [0, 0.05) is 18.2 Å². The Kier molecular flexibility index (Phi) is 7.20. The van der Waals surface area contributed by atoms with Crippen LogP contribution in [-0.2, 0) is 11.3 Å². The fourth-order valence-corrected chi connectivity index (χ4v) is 3.78. The van der Waals surface area contributed by atoms with Gasteiger partial charge in [-0.1, -0.05) is 49.6 Å². The lowest BCUT2D eigenvalue weighted by Crippen LogP contribution is -2.18. The van der Waals surface area contributed by atoms with Crippen molar-refractivity contribution < 1.29 is 9.53 Å². The number of amides is 1. The molecule has 1 fully saturated rings. The van der Waals surface area contributed by atoms with Crippen LogP contribution in [0.2, 0.25) is 0 Å². The molecule has 1 aliphatic rings. The van der Waals surface area contributed by atoms with Crippen molar-refractivity contribution in [1.82, 2.24) is 25.2 Å². The van der Waals surface area contributed by atoms with Crippen molar-refractivity contribution in [2.75, 3.05) is 11.9 Å². The van der Waals surface area contributed by atoms with Crippen LogP contribution in [0.25, 0.3) is 11.4 Å². The molecule has 31 heavy (non-hydrogen) atoms. The molecule has 0 unspecified atom stereocenters. The molecule has 0 saturated heterocycles. The van der Waals surface area contributed by atoms with Crippen molar-refractivity contribution in [3.05, 3.63) is 48.7 Å². The second-order valence-electron chi connectivity index (χ2n) is 7.89. The van der Waals surface area contributed by atoms with Crippen LogP contribution in [-0.4, -0.2) is 37.7 Å². The molecule has 3 aromatic rings. The number of nitrogens with one attached hydrogen (secondary N) is 1. The molecule has 162 valence electrons. The molecule has 8 heteroatoms. The third-order valence-corrected chi connectivity index (χ3v) is 5.47. The first-order valence-electron chi connectivity index (χ1n) is 11.0. The van der Waals surface area contributed by atoms with Crippen LogP contribution in [0.3, 0.4) is 0 Å². The minimum atomic E-state index is -0.107. The molecule has 1 aromatic carbocycles. The van der Waals surface area contributed by atoms with Crippen LogP contribution < -0.4 is 10.1 Å². The molecule has 0 radical (unpaired) electrons. The van der Waals surface area contributed by atoms with E-state index >= 15 is 0 Å². The van der Waals surface area contributed by atoms with Crippen molar-refractivity contribution in [3.8, 4) is 17.1 Å². The van der Waals surface area contributed by atoms with E-state index in [4.69, 9.17) is 4.74 Å². The van der Waals surface area contributed by atoms with Crippen LogP contribution in [0, 0.1) is 5.92 Å². The third kappa shape index (κ3) is 6.10. The van der Waals surface area contributed by atoms with E-state index in [-0.39, 0.29) is 5.91 Å². The van der Waals surface area contributed by atoms with Gasteiger partial charge in [-0.2, -0.15) is 4.80 Å². The van der Waals surface area contributed by atoms with Crippen LogP contribution >= 0.6 is 0 Å². The normalized spacial score (nSPS) is 14.3. The summed E-state index contributed by atoms with van der Waals surface area (Å²) in [6.07, 6.45) is 8.89. The number of nitrogens with zero attached hydrogens (tertiary/aromatic N) is 5. The van der Waals surface area contributed by atoms with E-state index in [0.717, 1.165) is 5.56 Å². The summed E-state index contributed by atoms with van der Waals surface area (Å²) >= 11 is 0. The number of ether oxygens (including phenoxy) is 1. The summed E-state index contributed by atoms with van der Waals surface area (Å²) in [7, 11) is 0. The second-order valence-corrected chi connectivity index (χ2v) is 7.89. The lowest BCUT2D eigenvalue weighted by atomic mass is 9.90. The highest BCUT2D eigenvalue weighted by atomic mass is 16.5. The predicted molar refractivity (Wildman–Crippen MR) is 117 cm³/mol. The van der Waals surface area contributed by atoms with Crippen LogP contribution in [0.15, 0.2) is 48.7 Å². The molecular weight excluding hydrogens is 392 g/mol. The monoisotopic (exact) mass is 420 g/mol. The number of hydrogen-bond acceptors (Lipinski definition) is 6. The zero-order chi connectivity index (χ0) is 21.3. The molecule has 1 N–H and O–H groups in total. The Labute approximate surface area is 182 Å². The molecule has 2 aromatic heterocycles. The number of anilines is 1. The van der Waals surface area contributed by atoms with Gasteiger partial charge in [0.05, 0.1) is 13.2 Å². The van der Waals surface area contributed by atoms with E-state index in [1.165, 1.54) is 36.9 Å². The predicted octanol–water partition coefficient (Wildman–Crippen LogP) is 4.11. The van der Waals surface area contributed by atoms with Crippen molar-refractivity contribution in [2.24, 2.45) is 5.92 Å². The maximum atomic E-state index is 12.4. The number of hydrogen-bond donors (Lipinski definition) is 1. The molecule has 1 amide bonds. The lowest BCUT2D eigenvalue weighted by molar-refractivity contribution is -0.116. The van der Waals surface area contributed by atoms with Crippen molar-refractivity contribution >= 4 is 11.7 Å². The lowest BCUT2D eigenvalue weighted by Gasteiger charge is -2.22. The highest BCUT2D eigenvalue weighted by molar-refractivity contribution is 5.91. The average Bonchev–Trinajstić information content (AvgIpc) is 3.29. The summed E-state index contributed by atoms with van der Waals surface area (Å²) in [4.78, 5) is 18.2. The smallest absolute Gasteiger partial charge is 0.225 e. The largest absolute Gasteiger partial charge is 0.489 e. The Morgan fingerprint density at radius 3 is 2.77 bits per heavy atom. The molecule has 4 rings (SSSR count). The first-order valence-corrected chi connectivity index (χ1v) is 11.0. The fraction of sp³-hybridized carbons (Fsp3) is 0.435. The first-order chi connectivity index (χ1) is 15.3. The second kappa shape index (κ2) is 10.7. The Balaban J connectivity index is 1.24. The van der Waals surface area contributed by atoms with E-state index in [2.05, 4.69) is 25.7 Å². The molecule has 1 saturated carbocycles. The number of carbonyl (C=O) groups excluding carboxylic acids is 1. The zero-order valence-corrected chi connectivity index (χ0v) is 17.6. The molecule has 1 aliphatic carbocycles. The number of aromatic nitrogens is 5. The summed E-state index contributed by atoms with van der Waals surface area (Å²) in [5.74, 6) is 2.18. The van der Waals surface area contributed by atoms with E-state index in [1.807, 2.05) is 42.5 Å². The molecule has 0 atom stereocenters. The molecule has 0 spiro atoms. The van der Waals surface area contributed by atoms with Crippen LogP contribution in [0.5, 0.6) is 5.75 Å². The average molecular weight is 421 g/mol. The molecule has 0 bridgehead atoms. The van der Waals surface area contributed by atoms with E-state index in [9.17, 15) is 4.79 Å². The summed E-state index contributed by atoms with van der Waals surface area (Å²) in [6.45, 7) is 1.19. The van der Waals surface area contributed by atoms with Crippen LogP contribution in [0.4, 0.5) is 5.82 Å². The van der Waals surface area contributed by atoms with Gasteiger partial charge in [0.15, 0.2) is 11.6 Å². The molecule has 8 nitrogen and oxygen atoms in total. The van der Waals surface area contributed by atoms with E-state index < -0.39 is 0 Å². The van der Waals surface area contributed by atoms with Gasteiger partial charge in [0.1, 0.15) is 0 Å². The SMILES string of the molecule is O=C(CCCn1nnc(-c2ccccc2)n1)Nc1ncccc1OCC1CCCCC1. The highest BCUT2D eigenvalue weighted by Gasteiger charge is 2.16. The summed E-state index contributed by atoms with van der Waals surface area (Å²) in [6, 6.07) is 13.4. The van der Waals surface area contributed by atoms with Crippen LogP contribution in [0.1, 0.15) is 44.9 Å². The Morgan fingerprint density at radius 1 is 1.10 bits per heavy atom. The Morgan fingerprint density at radius 2 is 1.94 bits per heavy atom. The van der Waals surface area contributed by atoms with Gasteiger partial charge in [-0.05, 0) is 42.5 Å². The standard InChI is InChI=1S/C23H28N6O2/c30-21(14-8-16-29-27-22(26-28-29)19-11-5-2-6-12-19)25-23-20(13-7-15-24-23)31-17-18-9-3-1-4-10-18/h2,5-7,11-13,15,18H,1,3-4,8-10,14,16-17H2,(H,24,25,30). The topological polar surface area (TPSA) is 94.8 Å². The quantitative estimate of drug-likeness (QED) is 0.560. The zero-order valence-electron chi connectivity index (χ0n) is 17.6. The third-order valence-electron chi connectivity index (χ3n) is 5.47. The van der Waals surface area contributed by atoms with Gasteiger partial charge in [-0.3, -0.25) is 4.79 Å². The van der Waals surface area contributed by atoms with Crippen molar-refractivity contribution in [2.45, 2.75) is 51.5 Å². The van der Waals surface area contributed by atoms with Crippen molar-refractivity contribution in [1.29, 1.82) is 0 Å². The van der Waals surface area contributed by atoms with Gasteiger partial charge < -0.3 is 10.1 Å². The molecule has 0 aliphatic heterocycles. The van der Waals surface area contributed by atoms with Crippen molar-refractivity contribution in [3.63, 3.8) is 0 Å². The number of aryl methyl sites for hydroxylation is 1. The van der Waals surface area contributed by atoms with Gasteiger partial charge in [0.2, 0.25) is 11.7 Å². The highest BCUT2D eigenvalue weighted by Crippen LogP contribution is 2.27. The maximum absolute atomic E-state index is 12.4. The Hall–Kier alpha value is -3.29. The van der Waals surface area contributed by atoms with E-state index in [1.54, 1.807) is 6.20 Å². The summed E-state index contributed by atoms with van der Waals surface area (Å²) in [5.41, 5.74) is 0.919. The minimum Gasteiger partial charge on any atom is -0.489 e. The molecule has 2 heterocycles. The van der Waals surface area contributed by atoms with Gasteiger partial charge in [-0.15, -0.1) is 10.2 Å². The number of rotatable bonds is 9. The minimum absolute atomic E-state index is 0.107.